The normalized spacial score (nSPS) is 19.0. The van der Waals surface area contributed by atoms with Crippen molar-refractivity contribution in [2.24, 2.45) is 5.92 Å². The fourth-order valence-electron chi connectivity index (χ4n) is 2.87. The van der Waals surface area contributed by atoms with E-state index < -0.39 is 24.1 Å². The summed E-state index contributed by atoms with van der Waals surface area (Å²) in [5.41, 5.74) is 6.96. The number of esters is 2. The van der Waals surface area contributed by atoms with Gasteiger partial charge in [-0.1, -0.05) is 41.9 Å². The van der Waals surface area contributed by atoms with Gasteiger partial charge in [-0.3, -0.25) is 9.59 Å². The summed E-state index contributed by atoms with van der Waals surface area (Å²) in [5, 5.41) is 0.146. The molecular weight excluding hydrogens is 413 g/mol. The molecule has 28 heavy (non-hydrogen) atoms. The van der Waals surface area contributed by atoms with Crippen molar-refractivity contribution in [3.8, 4) is 0 Å². The van der Waals surface area contributed by atoms with Gasteiger partial charge in [0.1, 0.15) is 5.52 Å². The number of nitrogens with two attached hydrogens (primary N) is 1. The van der Waals surface area contributed by atoms with Crippen molar-refractivity contribution in [1.82, 2.24) is 19.5 Å². The molecule has 0 amide bonds. The number of aromatic nitrogens is 4. The number of hydrogen-bond acceptors (Lipinski definition) is 8. The second-order valence-electron chi connectivity index (χ2n) is 5.94. The number of cyclic esters (lactones) is 2. The molecule has 11 heteroatoms. The Kier molecular flexibility index (Phi) is 6.68. The van der Waals surface area contributed by atoms with E-state index >= 15 is 0 Å². The van der Waals surface area contributed by atoms with Gasteiger partial charge in [-0.15, -0.1) is 0 Å². The van der Waals surface area contributed by atoms with E-state index in [-0.39, 0.29) is 76.9 Å². The molecule has 1 aromatic carbocycles. The van der Waals surface area contributed by atoms with Crippen LogP contribution in [0.25, 0.3) is 11.2 Å². The van der Waals surface area contributed by atoms with Gasteiger partial charge in [0.15, 0.2) is 16.7 Å². The largest absolute Gasteiger partial charge is 1.00 e. The number of carbonyl (C=O) groups excluding carboxylic acids is 2. The van der Waals surface area contributed by atoms with E-state index in [0.717, 1.165) is 0 Å². The summed E-state index contributed by atoms with van der Waals surface area (Å²) in [7, 11) is 0. The van der Waals surface area contributed by atoms with Gasteiger partial charge in [0.2, 0.25) is 5.95 Å². The minimum Gasteiger partial charge on any atom is -1.00 e. The first-order valence-electron chi connectivity index (χ1n) is 8.12. The van der Waals surface area contributed by atoms with Crippen molar-refractivity contribution < 1.29 is 71.9 Å². The van der Waals surface area contributed by atoms with Crippen LogP contribution in [-0.2, 0) is 25.6 Å². The Hall–Kier alpha value is -1.56. The van der Waals surface area contributed by atoms with Crippen LogP contribution < -0.4 is 57.1 Å². The molecule has 140 valence electrons. The molecule has 9 nitrogen and oxygen atoms in total. The average Bonchev–Trinajstić information content (AvgIpc) is 3.04. The first-order valence-corrected chi connectivity index (χ1v) is 8.50. The van der Waals surface area contributed by atoms with Crippen LogP contribution in [0.1, 0.15) is 19.7 Å². The topological polar surface area (TPSA) is 122 Å². The maximum absolute atomic E-state index is 12.3. The van der Waals surface area contributed by atoms with Crippen molar-refractivity contribution in [3.63, 3.8) is 0 Å². The SMILES string of the molecule is Nc1nc(Cl)c2c(ncn2CCC2C(=O)OC(c3ccccc3)OC2=O)n1.[H-].[K+]. The standard InChI is InChI=1S/C17H14ClN5O4.K.H/c18-12-11-13(22-17(19)21-12)20-8-23(11)7-6-10-14(24)26-16(27-15(10)25)9-4-2-1-3-5-9;;/h1-5,8,10,16H,6-7H2,(H2,19,21,22);;/q;+1;-1. The number of halogens is 1. The predicted molar refractivity (Wildman–Crippen MR) is 95.3 cm³/mol. The van der Waals surface area contributed by atoms with E-state index in [1.165, 1.54) is 6.33 Å². The number of anilines is 1. The molecule has 0 atom stereocenters. The fourth-order valence-corrected chi connectivity index (χ4v) is 3.15. The average molecular weight is 428 g/mol. The third kappa shape index (κ3) is 4.21. The summed E-state index contributed by atoms with van der Waals surface area (Å²) >= 11 is 6.10. The Bertz CT molecular complexity index is 1020. The molecule has 1 aliphatic heterocycles. The van der Waals surface area contributed by atoms with Crippen molar-refractivity contribution in [2.45, 2.75) is 19.3 Å². The van der Waals surface area contributed by atoms with Crippen LogP contribution in [0, 0.1) is 5.92 Å². The zero-order valence-corrected chi connectivity index (χ0v) is 18.8. The second-order valence-corrected chi connectivity index (χ2v) is 6.30. The number of benzene rings is 1. The molecular formula is C17H15ClKN5O4. The van der Waals surface area contributed by atoms with Crippen molar-refractivity contribution in [2.75, 3.05) is 5.73 Å². The number of fused-ring (bicyclic) bond motifs is 1. The Balaban J connectivity index is 0.00000150. The minimum atomic E-state index is -1.03. The van der Waals surface area contributed by atoms with Gasteiger partial charge in [-0.2, -0.15) is 9.97 Å². The van der Waals surface area contributed by atoms with Gasteiger partial charge < -0.3 is 21.2 Å². The number of carbonyl (C=O) groups is 2. The fraction of sp³-hybridized carbons (Fsp3) is 0.235. The van der Waals surface area contributed by atoms with Crippen molar-refractivity contribution in [3.05, 3.63) is 47.4 Å². The van der Waals surface area contributed by atoms with Crippen LogP contribution >= 0.6 is 11.6 Å². The van der Waals surface area contributed by atoms with E-state index in [1.807, 2.05) is 6.07 Å². The Morgan fingerprint density at radius 3 is 2.50 bits per heavy atom. The Morgan fingerprint density at radius 2 is 1.82 bits per heavy atom. The first-order chi connectivity index (χ1) is 13.0. The minimum absolute atomic E-state index is 0. The maximum atomic E-state index is 12.3. The molecule has 4 rings (SSSR count). The van der Waals surface area contributed by atoms with Gasteiger partial charge in [0.05, 0.1) is 6.33 Å². The quantitative estimate of drug-likeness (QED) is 0.243. The van der Waals surface area contributed by atoms with Crippen LogP contribution in [0.3, 0.4) is 0 Å². The second kappa shape index (κ2) is 8.85. The van der Waals surface area contributed by atoms with E-state index in [4.69, 9.17) is 26.8 Å². The van der Waals surface area contributed by atoms with Gasteiger partial charge in [-0.25, -0.2) is 4.98 Å². The molecule has 0 unspecified atom stereocenters. The van der Waals surface area contributed by atoms with E-state index in [2.05, 4.69) is 15.0 Å². The summed E-state index contributed by atoms with van der Waals surface area (Å²) in [6.45, 7) is 0.272. The van der Waals surface area contributed by atoms with E-state index in [1.54, 1.807) is 28.8 Å². The number of imidazole rings is 1. The van der Waals surface area contributed by atoms with Gasteiger partial charge >= 0.3 is 63.3 Å². The number of nitrogens with zero attached hydrogens (tertiary/aromatic N) is 4. The first kappa shape index (κ1) is 21.2. The van der Waals surface area contributed by atoms with E-state index in [0.29, 0.717) is 16.7 Å². The molecule has 2 N–H and O–H groups in total. The summed E-state index contributed by atoms with van der Waals surface area (Å²) in [5.74, 6) is -2.27. The van der Waals surface area contributed by atoms with Crippen LogP contribution in [0.5, 0.6) is 0 Å². The number of hydrogen-bond donors (Lipinski definition) is 1. The zero-order valence-electron chi connectivity index (χ0n) is 15.9. The van der Waals surface area contributed by atoms with E-state index in [9.17, 15) is 9.59 Å². The zero-order chi connectivity index (χ0) is 19.0. The number of nitrogen functional groups attached to an aromatic ring is 1. The van der Waals surface area contributed by atoms with Gasteiger partial charge in [-0.05, 0) is 6.42 Å². The van der Waals surface area contributed by atoms with Crippen molar-refractivity contribution >= 4 is 40.7 Å². The Labute approximate surface area is 208 Å². The summed E-state index contributed by atoms with van der Waals surface area (Å²) in [6.07, 6.45) is 0.629. The number of ether oxygens (including phenoxy) is 2. The molecule has 0 aliphatic carbocycles. The molecule has 1 fully saturated rings. The Morgan fingerprint density at radius 1 is 1.14 bits per heavy atom. The molecule has 3 heterocycles. The number of rotatable bonds is 4. The number of aryl methyl sites for hydroxylation is 1. The molecule has 0 bridgehead atoms. The molecule has 0 radical (unpaired) electrons. The summed E-state index contributed by atoms with van der Waals surface area (Å²) in [4.78, 5) is 36.6. The summed E-state index contributed by atoms with van der Waals surface area (Å²) < 4.78 is 12.2. The van der Waals surface area contributed by atoms with Crippen LogP contribution in [-0.4, -0.2) is 31.5 Å². The van der Waals surface area contributed by atoms with Crippen molar-refractivity contribution in [1.29, 1.82) is 0 Å². The predicted octanol–water partition coefficient (Wildman–Crippen LogP) is -1.02. The molecule has 1 saturated heterocycles. The van der Waals surface area contributed by atoms with Gasteiger partial charge in [0, 0.05) is 12.1 Å². The summed E-state index contributed by atoms with van der Waals surface area (Å²) in [6, 6.07) is 8.79. The van der Waals surface area contributed by atoms with Crippen LogP contribution in [0.2, 0.25) is 5.15 Å². The molecule has 3 aromatic rings. The smallest absolute Gasteiger partial charge is 1.00 e. The van der Waals surface area contributed by atoms with Crippen LogP contribution in [0.15, 0.2) is 36.7 Å². The maximum Gasteiger partial charge on any atom is 1.00 e. The third-order valence-corrected chi connectivity index (χ3v) is 4.46. The van der Waals surface area contributed by atoms with Gasteiger partial charge in [0.25, 0.3) is 6.29 Å². The molecule has 2 aromatic heterocycles. The molecule has 0 saturated carbocycles. The molecule has 1 aliphatic rings. The van der Waals surface area contributed by atoms with Crippen LogP contribution in [0.4, 0.5) is 5.95 Å². The molecule has 0 spiro atoms. The monoisotopic (exact) mass is 427 g/mol. The third-order valence-electron chi connectivity index (χ3n) is 4.19.